The molecule has 0 aliphatic carbocycles. The number of nitrogens with one attached hydrogen (secondary N) is 1. The highest BCUT2D eigenvalue weighted by atomic mass is 32.1. The summed E-state index contributed by atoms with van der Waals surface area (Å²) in [4.78, 5) is 18.0. The molecular formula is C17H17FN4O2S. The van der Waals surface area contributed by atoms with E-state index < -0.39 is 5.76 Å². The first kappa shape index (κ1) is 16.2. The van der Waals surface area contributed by atoms with Crippen LogP contribution in [0.15, 0.2) is 38.9 Å². The lowest BCUT2D eigenvalue weighted by molar-refractivity contribution is 0.183. The van der Waals surface area contributed by atoms with Crippen molar-refractivity contribution in [3.05, 3.63) is 57.6 Å². The van der Waals surface area contributed by atoms with Gasteiger partial charge in [0, 0.05) is 24.0 Å². The molecule has 25 heavy (non-hydrogen) atoms. The van der Waals surface area contributed by atoms with Gasteiger partial charge in [0.25, 0.3) is 0 Å². The molecular weight excluding hydrogens is 343 g/mol. The molecule has 3 heterocycles. The Morgan fingerprint density at radius 2 is 2.28 bits per heavy atom. The largest absolute Gasteiger partial charge is 0.434 e. The molecule has 1 saturated heterocycles. The van der Waals surface area contributed by atoms with Crippen LogP contribution in [0.4, 0.5) is 4.39 Å². The van der Waals surface area contributed by atoms with Crippen LogP contribution in [0.5, 0.6) is 0 Å². The minimum Gasteiger partial charge on any atom is -0.392 e. The Balaban J connectivity index is 1.45. The molecule has 1 aromatic carbocycles. The van der Waals surface area contributed by atoms with Crippen molar-refractivity contribution in [1.29, 1.82) is 0 Å². The number of rotatable bonds is 4. The van der Waals surface area contributed by atoms with Crippen molar-refractivity contribution >= 4 is 11.3 Å². The quantitative estimate of drug-likeness (QED) is 0.774. The Kier molecular flexibility index (Phi) is 4.46. The number of thiazole rings is 1. The summed E-state index contributed by atoms with van der Waals surface area (Å²) in [5.74, 6) is -0.187. The number of likely N-dealkylation sites (tertiary alicyclic amines) is 1. The van der Waals surface area contributed by atoms with Gasteiger partial charge in [0.1, 0.15) is 10.8 Å². The van der Waals surface area contributed by atoms with Gasteiger partial charge in [-0.2, -0.15) is 0 Å². The first-order chi connectivity index (χ1) is 12.2. The highest BCUT2D eigenvalue weighted by Gasteiger charge is 2.25. The van der Waals surface area contributed by atoms with Crippen LogP contribution in [-0.4, -0.2) is 33.2 Å². The SMILES string of the molecule is O=c1[nH]nc(C2CCCN(Cc3csc(-c4ccccc4F)n3)C2)o1. The molecule has 1 atom stereocenters. The lowest BCUT2D eigenvalue weighted by atomic mass is 9.98. The van der Waals surface area contributed by atoms with Crippen LogP contribution in [0.1, 0.15) is 30.3 Å². The van der Waals surface area contributed by atoms with E-state index in [4.69, 9.17) is 4.42 Å². The van der Waals surface area contributed by atoms with E-state index in [9.17, 15) is 9.18 Å². The maximum absolute atomic E-state index is 13.9. The van der Waals surface area contributed by atoms with Crippen LogP contribution in [0.25, 0.3) is 10.6 Å². The second-order valence-electron chi connectivity index (χ2n) is 6.15. The van der Waals surface area contributed by atoms with E-state index in [1.165, 1.54) is 17.4 Å². The Morgan fingerprint density at radius 3 is 3.08 bits per heavy atom. The summed E-state index contributed by atoms with van der Waals surface area (Å²) in [6, 6.07) is 6.68. The number of benzene rings is 1. The maximum atomic E-state index is 13.9. The number of halogens is 1. The molecule has 3 aromatic rings. The first-order valence-corrected chi connectivity index (χ1v) is 9.04. The summed E-state index contributed by atoms with van der Waals surface area (Å²) < 4.78 is 19.0. The third-order valence-electron chi connectivity index (χ3n) is 4.35. The third-order valence-corrected chi connectivity index (χ3v) is 5.28. The molecule has 1 aliphatic heterocycles. The zero-order chi connectivity index (χ0) is 17.2. The summed E-state index contributed by atoms with van der Waals surface area (Å²) in [5.41, 5.74) is 1.46. The minimum absolute atomic E-state index is 0.109. The standard InChI is InChI=1S/C17H17FN4O2S/c18-14-6-2-1-5-13(14)16-19-12(10-25-16)9-22-7-3-4-11(8-22)15-20-21-17(23)24-15/h1-2,5-6,10-11H,3-4,7-9H2,(H,21,23). The van der Waals surface area contributed by atoms with Gasteiger partial charge in [0.15, 0.2) is 0 Å². The fourth-order valence-electron chi connectivity index (χ4n) is 3.18. The topological polar surface area (TPSA) is 75.0 Å². The predicted octanol–water partition coefficient (Wildman–Crippen LogP) is 3.01. The van der Waals surface area contributed by atoms with Crippen LogP contribution < -0.4 is 5.76 Å². The molecule has 2 aromatic heterocycles. The molecule has 0 saturated carbocycles. The summed E-state index contributed by atoms with van der Waals surface area (Å²) in [5, 5.41) is 8.94. The van der Waals surface area contributed by atoms with Crippen molar-refractivity contribution < 1.29 is 8.81 Å². The molecule has 1 aliphatic rings. The average molecular weight is 360 g/mol. The Hall–Kier alpha value is -2.32. The average Bonchev–Trinajstić information content (AvgIpc) is 3.25. The van der Waals surface area contributed by atoms with E-state index >= 15 is 0 Å². The van der Waals surface area contributed by atoms with E-state index in [1.807, 2.05) is 11.4 Å². The number of H-pyrrole nitrogens is 1. The second kappa shape index (κ2) is 6.89. The Morgan fingerprint density at radius 1 is 1.40 bits per heavy atom. The first-order valence-electron chi connectivity index (χ1n) is 8.16. The van der Waals surface area contributed by atoms with Crippen molar-refractivity contribution in [2.75, 3.05) is 13.1 Å². The summed E-state index contributed by atoms with van der Waals surface area (Å²) in [6.45, 7) is 2.41. The van der Waals surface area contributed by atoms with Crippen LogP contribution in [0.2, 0.25) is 0 Å². The van der Waals surface area contributed by atoms with Crippen molar-refractivity contribution in [3.63, 3.8) is 0 Å². The zero-order valence-electron chi connectivity index (χ0n) is 13.4. The van der Waals surface area contributed by atoms with Crippen LogP contribution >= 0.6 is 11.3 Å². The van der Waals surface area contributed by atoms with Crippen LogP contribution in [0.3, 0.4) is 0 Å². The zero-order valence-corrected chi connectivity index (χ0v) is 14.3. The summed E-state index contributed by atoms with van der Waals surface area (Å²) in [6.07, 6.45) is 1.95. The predicted molar refractivity (Wildman–Crippen MR) is 91.9 cm³/mol. The van der Waals surface area contributed by atoms with E-state index in [-0.39, 0.29) is 11.7 Å². The fourth-order valence-corrected chi connectivity index (χ4v) is 4.02. The number of aromatic amines is 1. The van der Waals surface area contributed by atoms with Crippen LogP contribution in [0, 0.1) is 5.82 Å². The molecule has 130 valence electrons. The van der Waals surface area contributed by atoms with Gasteiger partial charge in [-0.3, -0.25) is 4.90 Å². The van der Waals surface area contributed by atoms with Crippen molar-refractivity contribution in [2.24, 2.45) is 0 Å². The third kappa shape index (κ3) is 3.54. The van der Waals surface area contributed by atoms with Gasteiger partial charge in [-0.05, 0) is 31.5 Å². The number of aromatic nitrogens is 3. The molecule has 1 fully saturated rings. The number of nitrogens with zero attached hydrogens (tertiary/aromatic N) is 3. The molecule has 0 spiro atoms. The van der Waals surface area contributed by atoms with Crippen LogP contribution in [-0.2, 0) is 6.54 Å². The van der Waals surface area contributed by atoms with Gasteiger partial charge in [-0.1, -0.05) is 12.1 Å². The molecule has 6 nitrogen and oxygen atoms in total. The molecule has 0 radical (unpaired) electrons. The number of piperidine rings is 1. The number of hydrogen-bond acceptors (Lipinski definition) is 6. The van der Waals surface area contributed by atoms with Crippen molar-refractivity contribution in [1.82, 2.24) is 20.1 Å². The molecule has 0 bridgehead atoms. The van der Waals surface area contributed by atoms with E-state index in [1.54, 1.807) is 12.1 Å². The Labute approximate surface area is 147 Å². The van der Waals surface area contributed by atoms with Crippen molar-refractivity contribution in [3.8, 4) is 10.6 Å². The van der Waals surface area contributed by atoms with Gasteiger partial charge < -0.3 is 4.42 Å². The number of hydrogen-bond donors (Lipinski definition) is 1. The minimum atomic E-state index is -0.513. The summed E-state index contributed by atoms with van der Waals surface area (Å²) >= 11 is 1.45. The highest BCUT2D eigenvalue weighted by molar-refractivity contribution is 7.13. The van der Waals surface area contributed by atoms with Gasteiger partial charge in [-0.25, -0.2) is 19.3 Å². The lowest BCUT2D eigenvalue weighted by Crippen LogP contribution is -2.34. The van der Waals surface area contributed by atoms with E-state index in [0.717, 1.165) is 31.6 Å². The Bertz CT molecular complexity index is 919. The van der Waals surface area contributed by atoms with Crippen molar-refractivity contribution in [2.45, 2.75) is 25.3 Å². The van der Waals surface area contributed by atoms with Gasteiger partial charge in [0.05, 0.1) is 11.6 Å². The smallest absolute Gasteiger partial charge is 0.392 e. The lowest BCUT2D eigenvalue weighted by Gasteiger charge is -2.30. The van der Waals surface area contributed by atoms with E-state index in [0.29, 0.717) is 23.0 Å². The highest BCUT2D eigenvalue weighted by Crippen LogP contribution is 2.29. The molecule has 8 heteroatoms. The monoisotopic (exact) mass is 360 g/mol. The maximum Gasteiger partial charge on any atom is 0.434 e. The molecule has 4 rings (SSSR count). The molecule has 0 amide bonds. The summed E-state index contributed by atoms with van der Waals surface area (Å²) in [7, 11) is 0. The van der Waals surface area contributed by atoms with Gasteiger partial charge >= 0.3 is 5.76 Å². The molecule has 1 unspecified atom stereocenters. The van der Waals surface area contributed by atoms with E-state index in [2.05, 4.69) is 20.1 Å². The fraction of sp³-hybridized carbons (Fsp3) is 0.353. The second-order valence-corrected chi connectivity index (χ2v) is 7.01. The van der Waals surface area contributed by atoms with Gasteiger partial charge in [-0.15, -0.1) is 16.4 Å². The molecule has 1 N–H and O–H groups in total. The van der Waals surface area contributed by atoms with Gasteiger partial charge in [0.2, 0.25) is 5.89 Å². The normalized spacial score (nSPS) is 18.5.